The Kier molecular flexibility index (Phi) is 3.14. The standard InChI is InChI=1S/C17H13FN2O/c1-10-8-9-12-11(4-3-7-15(12)20-10)13-5-2-6-14(18)16(13)17(19)21/h2-9H,1H3,(H2,19,21). The summed E-state index contributed by atoms with van der Waals surface area (Å²) in [6.07, 6.45) is 0. The highest BCUT2D eigenvalue weighted by atomic mass is 19.1. The molecule has 3 nitrogen and oxygen atoms in total. The minimum atomic E-state index is -0.778. The van der Waals surface area contributed by atoms with Crippen LogP contribution in [0.4, 0.5) is 4.39 Å². The van der Waals surface area contributed by atoms with Gasteiger partial charge >= 0.3 is 0 Å². The van der Waals surface area contributed by atoms with Crippen molar-refractivity contribution >= 4 is 16.8 Å². The van der Waals surface area contributed by atoms with Crippen LogP contribution in [0.5, 0.6) is 0 Å². The van der Waals surface area contributed by atoms with E-state index < -0.39 is 11.7 Å². The summed E-state index contributed by atoms with van der Waals surface area (Å²) in [5.74, 6) is -1.39. The third-order valence-corrected chi connectivity index (χ3v) is 3.42. The molecular weight excluding hydrogens is 267 g/mol. The Morgan fingerprint density at radius 1 is 1.05 bits per heavy atom. The zero-order chi connectivity index (χ0) is 15.0. The van der Waals surface area contributed by atoms with Crippen LogP contribution in [0.1, 0.15) is 16.1 Å². The van der Waals surface area contributed by atoms with Crippen molar-refractivity contribution in [3.05, 3.63) is 65.6 Å². The second-order valence-corrected chi connectivity index (χ2v) is 4.85. The van der Waals surface area contributed by atoms with Gasteiger partial charge < -0.3 is 5.73 Å². The Morgan fingerprint density at radius 2 is 1.76 bits per heavy atom. The summed E-state index contributed by atoms with van der Waals surface area (Å²) in [5.41, 5.74) is 8.16. The Balaban J connectivity index is 2.36. The average molecular weight is 280 g/mol. The molecule has 3 rings (SSSR count). The predicted octanol–water partition coefficient (Wildman–Crippen LogP) is 3.45. The number of hydrogen-bond donors (Lipinski definition) is 1. The number of fused-ring (bicyclic) bond motifs is 1. The van der Waals surface area contributed by atoms with E-state index in [1.54, 1.807) is 12.1 Å². The third kappa shape index (κ3) is 2.25. The quantitative estimate of drug-likeness (QED) is 0.781. The van der Waals surface area contributed by atoms with Crippen LogP contribution in [0.15, 0.2) is 48.5 Å². The lowest BCUT2D eigenvalue weighted by Crippen LogP contribution is -2.14. The van der Waals surface area contributed by atoms with Crippen LogP contribution in [0, 0.1) is 12.7 Å². The predicted molar refractivity (Wildman–Crippen MR) is 80.4 cm³/mol. The summed E-state index contributed by atoms with van der Waals surface area (Å²) in [4.78, 5) is 16.0. The maximum absolute atomic E-state index is 13.9. The van der Waals surface area contributed by atoms with Crippen LogP contribution >= 0.6 is 0 Å². The van der Waals surface area contributed by atoms with Crippen LogP contribution in [0.3, 0.4) is 0 Å². The number of nitrogens with zero attached hydrogens (tertiary/aromatic N) is 1. The lowest BCUT2D eigenvalue weighted by molar-refractivity contribution is 0.0997. The molecule has 2 N–H and O–H groups in total. The maximum atomic E-state index is 13.9. The molecule has 0 aliphatic heterocycles. The van der Waals surface area contributed by atoms with Gasteiger partial charge in [0.15, 0.2) is 0 Å². The van der Waals surface area contributed by atoms with Crippen molar-refractivity contribution < 1.29 is 9.18 Å². The number of rotatable bonds is 2. The van der Waals surface area contributed by atoms with Gasteiger partial charge in [-0.25, -0.2) is 4.39 Å². The zero-order valence-electron chi connectivity index (χ0n) is 11.4. The van der Waals surface area contributed by atoms with Crippen LogP contribution in [0.25, 0.3) is 22.0 Å². The van der Waals surface area contributed by atoms with Gasteiger partial charge in [0.2, 0.25) is 0 Å². The van der Waals surface area contributed by atoms with E-state index in [0.29, 0.717) is 5.56 Å². The molecule has 1 amide bonds. The van der Waals surface area contributed by atoms with Crippen molar-refractivity contribution in [2.75, 3.05) is 0 Å². The molecule has 0 radical (unpaired) electrons. The van der Waals surface area contributed by atoms with Crippen LogP contribution in [-0.2, 0) is 0 Å². The molecule has 0 fully saturated rings. The number of carbonyl (C=O) groups is 1. The first-order chi connectivity index (χ1) is 10.1. The molecule has 0 saturated carbocycles. The van der Waals surface area contributed by atoms with E-state index in [0.717, 1.165) is 22.2 Å². The molecule has 104 valence electrons. The number of nitrogens with two attached hydrogens (primary N) is 1. The Morgan fingerprint density at radius 3 is 2.52 bits per heavy atom. The number of carbonyl (C=O) groups excluding carboxylic acids is 1. The summed E-state index contributed by atoms with van der Waals surface area (Å²) in [7, 11) is 0. The normalized spacial score (nSPS) is 10.8. The van der Waals surface area contributed by atoms with E-state index in [1.807, 2.05) is 37.3 Å². The number of benzene rings is 2. The molecule has 0 spiro atoms. The fraction of sp³-hybridized carbons (Fsp3) is 0.0588. The first kappa shape index (κ1) is 13.2. The summed E-state index contributed by atoms with van der Waals surface area (Å²) < 4.78 is 13.9. The summed E-state index contributed by atoms with van der Waals surface area (Å²) in [6, 6.07) is 13.8. The number of halogens is 1. The summed E-state index contributed by atoms with van der Waals surface area (Å²) in [5, 5.41) is 0.858. The lowest BCUT2D eigenvalue weighted by atomic mass is 9.95. The lowest BCUT2D eigenvalue weighted by Gasteiger charge is -2.11. The fourth-order valence-electron chi connectivity index (χ4n) is 2.49. The molecule has 2 aromatic carbocycles. The second-order valence-electron chi connectivity index (χ2n) is 4.85. The van der Waals surface area contributed by atoms with E-state index in [1.165, 1.54) is 6.07 Å². The van der Waals surface area contributed by atoms with Crippen molar-refractivity contribution in [3.8, 4) is 11.1 Å². The Hall–Kier alpha value is -2.75. The van der Waals surface area contributed by atoms with E-state index in [2.05, 4.69) is 4.98 Å². The average Bonchev–Trinajstić information content (AvgIpc) is 2.45. The molecule has 1 heterocycles. The van der Waals surface area contributed by atoms with Crippen LogP contribution in [0.2, 0.25) is 0 Å². The van der Waals surface area contributed by atoms with Gasteiger partial charge in [-0.2, -0.15) is 0 Å². The molecule has 0 aliphatic rings. The molecule has 0 aliphatic carbocycles. The first-order valence-corrected chi connectivity index (χ1v) is 6.53. The smallest absolute Gasteiger partial charge is 0.252 e. The highest BCUT2D eigenvalue weighted by Crippen LogP contribution is 2.31. The number of aromatic nitrogens is 1. The summed E-state index contributed by atoms with van der Waals surface area (Å²) in [6.45, 7) is 1.91. The van der Waals surface area contributed by atoms with Crippen LogP contribution < -0.4 is 5.73 Å². The zero-order valence-corrected chi connectivity index (χ0v) is 11.4. The van der Waals surface area contributed by atoms with E-state index in [9.17, 15) is 9.18 Å². The highest BCUT2D eigenvalue weighted by molar-refractivity contribution is 6.04. The van der Waals surface area contributed by atoms with Crippen LogP contribution in [-0.4, -0.2) is 10.9 Å². The molecule has 1 aromatic heterocycles. The molecule has 4 heteroatoms. The third-order valence-electron chi connectivity index (χ3n) is 3.42. The number of hydrogen-bond acceptors (Lipinski definition) is 2. The van der Waals surface area contributed by atoms with Gasteiger partial charge in [-0.15, -0.1) is 0 Å². The first-order valence-electron chi connectivity index (χ1n) is 6.53. The van der Waals surface area contributed by atoms with E-state index >= 15 is 0 Å². The minimum Gasteiger partial charge on any atom is -0.365 e. The highest BCUT2D eigenvalue weighted by Gasteiger charge is 2.16. The van der Waals surface area contributed by atoms with E-state index in [4.69, 9.17) is 5.73 Å². The largest absolute Gasteiger partial charge is 0.365 e. The van der Waals surface area contributed by atoms with Gasteiger partial charge in [0.1, 0.15) is 5.82 Å². The molecule has 0 atom stereocenters. The summed E-state index contributed by atoms with van der Waals surface area (Å²) >= 11 is 0. The number of pyridine rings is 1. The second kappa shape index (κ2) is 4.98. The van der Waals surface area contributed by atoms with Gasteiger partial charge in [0.25, 0.3) is 5.91 Å². The molecule has 0 bridgehead atoms. The van der Waals surface area contributed by atoms with Gasteiger partial charge in [0, 0.05) is 11.1 Å². The topological polar surface area (TPSA) is 56.0 Å². The van der Waals surface area contributed by atoms with Gasteiger partial charge in [0.05, 0.1) is 11.1 Å². The monoisotopic (exact) mass is 280 g/mol. The molecule has 0 unspecified atom stereocenters. The number of aryl methyl sites for hydroxylation is 1. The number of primary amides is 1. The Labute approximate surface area is 121 Å². The molecular formula is C17H13FN2O. The van der Waals surface area contributed by atoms with Crippen molar-refractivity contribution in [1.29, 1.82) is 0 Å². The van der Waals surface area contributed by atoms with Crippen molar-refractivity contribution in [2.45, 2.75) is 6.92 Å². The van der Waals surface area contributed by atoms with Gasteiger partial charge in [-0.1, -0.05) is 30.3 Å². The van der Waals surface area contributed by atoms with Crippen molar-refractivity contribution in [3.63, 3.8) is 0 Å². The van der Waals surface area contributed by atoms with Crippen molar-refractivity contribution in [2.24, 2.45) is 5.73 Å². The minimum absolute atomic E-state index is 0.0921. The maximum Gasteiger partial charge on any atom is 0.252 e. The molecule has 0 saturated heterocycles. The fourth-order valence-corrected chi connectivity index (χ4v) is 2.49. The number of amides is 1. The Bertz CT molecular complexity index is 859. The molecule has 21 heavy (non-hydrogen) atoms. The van der Waals surface area contributed by atoms with E-state index in [-0.39, 0.29) is 5.56 Å². The molecule has 3 aromatic rings. The van der Waals surface area contributed by atoms with Gasteiger partial charge in [-0.05, 0) is 36.2 Å². The SMILES string of the molecule is Cc1ccc2c(-c3cccc(F)c3C(N)=O)cccc2n1. The van der Waals surface area contributed by atoms with Gasteiger partial charge in [-0.3, -0.25) is 9.78 Å². The van der Waals surface area contributed by atoms with Crippen molar-refractivity contribution in [1.82, 2.24) is 4.98 Å².